The third kappa shape index (κ3) is 2.51. The second-order valence-electron chi connectivity index (χ2n) is 3.04. The summed E-state index contributed by atoms with van der Waals surface area (Å²) in [5.74, 6) is -1.57. The van der Waals surface area contributed by atoms with Crippen molar-refractivity contribution in [3.8, 4) is 5.75 Å². The molecule has 0 amide bonds. The van der Waals surface area contributed by atoms with E-state index in [9.17, 15) is 31.1 Å². The monoisotopic (exact) mass is 258 g/mol. The molecule has 0 saturated carbocycles. The Hall–Kier alpha value is -1.73. The molecule has 2 nitrogen and oxygen atoms in total. The molecule has 0 aromatic heterocycles. The highest BCUT2D eigenvalue weighted by atomic mass is 19.4. The Morgan fingerprint density at radius 2 is 1.41 bits per heavy atom. The number of carbonyl (C=O) groups is 1. The summed E-state index contributed by atoms with van der Waals surface area (Å²) in [6, 6.07) is 0.863. The molecular formula is C9H4F6O2. The Labute approximate surface area is 90.5 Å². The molecule has 0 bridgehead atoms. The number of alkyl halides is 6. The van der Waals surface area contributed by atoms with Crippen LogP contribution in [0.15, 0.2) is 12.1 Å². The largest absolute Gasteiger partial charge is 0.507 e. The van der Waals surface area contributed by atoms with Crippen LogP contribution >= 0.6 is 0 Å². The van der Waals surface area contributed by atoms with E-state index in [0.717, 1.165) is 0 Å². The van der Waals surface area contributed by atoms with Gasteiger partial charge in [-0.3, -0.25) is 4.79 Å². The van der Waals surface area contributed by atoms with Crippen LogP contribution in [0.2, 0.25) is 0 Å². The van der Waals surface area contributed by atoms with Crippen molar-refractivity contribution < 1.29 is 36.2 Å². The van der Waals surface area contributed by atoms with Gasteiger partial charge >= 0.3 is 12.4 Å². The zero-order valence-corrected chi connectivity index (χ0v) is 7.86. The SMILES string of the molecule is O=Cc1ccc(O)c(C(F)(F)F)c1C(F)(F)F. The van der Waals surface area contributed by atoms with E-state index in [2.05, 4.69) is 0 Å². The van der Waals surface area contributed by atoms with Gasteiger partial charge in [0.05, 0.1) is 5.56 Å². The van der Waals surface area contributed by atoms with Crippen LogP contribution in [0.1, 0.15) is 21.5 Å². The molecule has 0 atom stereocenters. The van der Waals surface area contributed by atoms with E-state index in [1.165, 1.54) is 0 Å². The Morgan fingerprint density at radius 1 is 0.941 bits per heavy atom. The van der Waals surface area contributed by atoms with E-state index in [1.807, 2.05) is 0 Å². The van der Waals surface area contributed by atoms with Crippen molar-refractivity contribution in [2.24, 2.45) is 0 Å². The first-order chi connectivity index (χ1) is 7.59. The summed E-state index contributed by atoms with van der Waals surface area (Å²) in [5.41, 5.74) is -5.61. The molecule has 1 N–H and O–H groups in total. The van der Waals surface area contributed by atoms with Gasteiger partial charge in [-0.1, -0.05) is 0 Å². The van der Waals surface area contributed by atoms with Crippen LogP contribution in [-0.4, -0.2) is 11.4 Å². The van der Waals surface area contributed by atoms with Gasteiger partial charge in [0.1, 0.15) is 11.3 Å². The topological polar surface area (TPSA) is 37.3 Å². The number of aromatic hydroxyl groups is 1. The maximum Gasteiger partial charge on any atom is 0.420 e. The number of halogens is 6. The minimum Gasteiger partial charge on any atom is -0.507 e. The van der Waals surface area contributed by atoms with Gasteiger partial charge < -0.3 is 5.11 Å². The number of hydrogen-bond acceptors (Lipinski definition) is 2. The van der Waals surface area contributed by atoms with E-state index < -0.39 is 34.8 Å². The summed E-state index contributed by atoms with van der Waals surface area (Å²) in [4.78, 5) is 10.3. The molecule has 17 heavy (non-hydrogen) atoms. The fourth-order valence-corrected chi connectivity index (χ4v) is 1.30. The third-order valence-electron chi connectivity index (χ3n) is 1.91. The molecule has 94 valence electrons. The molecular weight excluding hydrogens is 254 g/mol. The minimum atomic E-state index is -5.41. The highest BCUT2D eigenvalue weighted by Gasteiger charge is 2.46. The molecule has 0 unspecified atom stereocenters. The number of benzene rings is 1. The summed E-state index contributed by atoms with van der Waals surface area (Å²) in [7, 11) is 0. The molecule has 0 aliphatic rings. The van der Waals surface area contributed by atoms with Gasteiger partial charge in [-0.25, -0.2) is 0 Å². The molecule has 1 aromatic rings. The quantitative estimate of drug-likeness (QED) is 0.620. The maximum absolute atomic E-state index is 12.4. The fraction of sp³-hybridized carbons (Fsp3) is 0.222. The maximum atomic E-state index is 12.4. The van der Waals surface area contributed by atoms with Crippen LogP contribution < -0.4 is 0 Å². The minimum absolute atomic E-state index is 0.350. The van der Waals surface area contributed by atoms with E-state index in [1.54, 1.807) is 0 Å². The van der Waals surface area contributed by atoms with E-state index >= 15 is 0 Å². The Balaban J connectivity index is 3.73. The van der Waals surface area contributed by atoms with Crippen LogP contribution in [0.25, 0.3) is 0 Å². The number of phenols is 1. The Kier molecular flexibility index (Phi) is 3.09. The lowest BCUT2D eigenvalue weighted by Crippen LogP contribution is -2.19. The van der Waals surface area contributed by atoms with E-state index in [0.29, 0.717) is 12.1 Å². The van der Waals surface area contributed by atoms with Crippen molar-refractivity contribution in [3.05, 3.63) is 28.8 Å². The molecule has 0 radical (unpaired) electrons. The molecule has 0 spiro atoms. The van der Waals surface area contributed by atoms with Crippen LogP contribution in [-0.2, 0) is 12.4 Å². The average Bonchev–Trinajstić information content (AvgIpc) is 2.13. The summed E-state index contributed by atoms with van der Waals surface area (Å²) in [6.45, 7) is 0. The summed E-state index contributed by atoms with van der Waals surface area (Å²) >= 11 is 0. The lowest BCUT2D eigenvalue weighted by Gasteiger charge is -2.18. The normalized spacial score (nSPS) is 12.6. The van der Waals surface area contributed by atoms with E-state index in [4.69, 9.17) is 5.11 Å². The number of phenolic OH excluding ortho intramolecular Hbond substituents is 1. The predicted molar refractivity (Wildman–Crippen MR) is 43.5 cm³/mol. The molecule has 0 aliphatic carbocycles. The molecule has 0 saturated heterocycles. The number of rotatable bonds is 1. The van der Waals surface area contributed by atoms with Gasteiger partial charge in [0.25, 0.3) is 0 Å². The first-order valence-electron chi connectivity index (χ1n) is 4.04. The smallest absolute Gasteiger partial charge is 0.420 e. The van der Waals surface area contributed by atoms with Crippen molar-refractivity contribution in [2.45, 2.75) is 12.4 Å². The third-order valence-corrected chi connectivity index (χ3v) is 1.91. The van der Waals surface area contributed by atoms with Crippen LogP contribution in [0.5, 0.6) is 5.75 Å². The summed E-state index contributed by atoms with van der Waals surface area (Å²) < 4.78 is 74.4. The molecule has 0 heterocycles. The highest BCUT2D eigenvalue weighted by molar-refractivity contribution is 5.79. The van der Waals surface area contributed by atoms with Crippen LogP contribution in [0.3, 0.4) is 0 Å². The second kappa shape index (κ2) is 3.94. The lowest BCUT2D eigenvalue weighted by atomic mass is 9.99. The molecule has 0 fully saturated rings. The van der Waals surface area contributed by atoms with Gasteiger partial charge in [0.2, 0.25) is 0 Å². The molecule has 8 heteroatoms. The zero-order chi connectivity index (χ0) is 13.4. The average molecular weight is 258 g/mol. The molecule has 1 rings (SSSR count). The summed E-state index contributed by atoms with van der Waals surface area (Å²) in [5, 5.41) is 8.87. The number of aldehydes is 1. The summed E-state index contributed by atoms with van der Waals surface area (Å²) in [6.07, 6.45) is -11.1. The van der Waals surface area contributed by atoms with Gasteiger partial charge in [-0.15, -0.1) is 0 Å². The van der Waals surface area contributed by atoms with Crippen molar-refractivity contribution in [2.75, 3.05) is 0 Å². The van der Waals surface area contributed by atoms with Crippen molar-refractivity contribution >= 4 is 6.29 Å². The molecule has 1 aromatic carbocycles. The van der Waals surface area contributed by atoms with Crippen LogP contribution in [0.4, 0.5) is 26.3 Å². The standard InChI is InChI=1S/C9H4F6O2/c10-8(11,12)6-4(3-16)1-2-5(17)7(6)9(13,14)15/h1-3,17H. The second-order valence-corrected chi connectivity index (χ2v) is 3.04. The molecule has 0 aliphatic heterocycles. The van der Waals surface area contributed by atoms with E-state index in [-0.39, 0.29) is 6.29 Å². The predicted octanol–water partition coefficient (Wildman–Crippen LogP) is 3.24. The zero-order valence-electron chi connectivity index (χ0n) is 7.86. The van der Waals surface area contributed by atoms with Crippen molar-refractivity contribution in [3.63, 3.8) is 0 Å². The number of hydrogen-bond donors (Lipinski definition) is 1. The number of carbonyl (C=O) groups excluding carboxylic acids is 1. The lowest BCUT2D eigenvalue weighted by molar-refractivity contribution is -0.163. The van der Waals surface area contributed by atoms with Crippen molar-refractivity contribution in [1.82, 2.24) is 0 Å². The van der Waals surface area contributed by atoms with Crippen LogP contribution in [0, 0.1) is 0 Å². The highest BCUT2D eigenvalue weighted by Crippen LogP contribution is 2.45. The fourth-order valence-electron chi connectivity index (χ4n) is 1.30. The van der Waals surface area contributed by atoms with Gasteiger partial charge in [0.15, 0.2) is 6.29 Å². The first-order valence-corrected chi connectivity index (χ1v) is 4.04. The van der Waals surface area contributed by atoms with Gasteiger partial charge in [-0.2, -0.15) is 26.3 Å². The van der Waals surface area contributed by atoms with Crippen molar-refractivity contribution in [1.29, 1.82) is 0 Å². The van der Waals surface area contributed by atoms with Gasteiger partial charge in [0, 0.05) is 5.56 Å². The Bertz CT molecular complexity index is 446. The van der Waals surface area contributed by atoms with Gasteiger partial charge in [-0.05, 0) is 12.1 Å². The first kappa shape index (κ1) is 13.3. The Morgan fingerprint density at radius 3 is 1.76 bits per heavy atom.